The average molecular weight is 459 g/mol. The Balaban J connectivity index is 1.43. The largest absolute Gasteiger partial charge is 0.345 e. The Kier molecular flexibility index (Phi) is 7.60. The van der Waals surface area contributed by atoms with Crippen LogP contribution in [-0.2, 0) is 4.79 Å². The summed E-state index contributed by atoms with van der Waals surface area (Å²) in [5.74, 6) is -0.200. The monoisotopic (exact) mass is 458 g/mol. The number of anilines is 1. The number of amides is 2. The van der Waals surface area contributed by atoms with Crippen molar-refractivity contribution in [2.75, 3.05) is 45.1 Å². The Labute approximate surface area is 201 Å². The first-order chi connectivity index (χ1) is 16.4. The van der Waals surface area contributed by atoms with Gasteiger partial charge in [-0.1, -0.05) is 48.5 Å². The average Bonchev–Trinajstić information content (AvgIpc) is 3.03. The summed E-state index contributed by atoms with van der Waals surface area (Å²) < 4.78 is 0. The first kappa shape index (κ1) is 23.9. The van der Waals surface area contributed by atoms with E-state index in [4.69, 9.17) is 0 Å². The molecule has 0 saturated carbocycles. The molecule has 2 amide bonds. The second-order valence-electron chi connectivity index (χ2n) is 9.27. The van der Waals surface area contributed by atoms with Crippen molar-refractivity contribution < 1.29 is 9.59 Å². The number of nitrogens with one attached hydrogen (secondary N) is 2. The number of likely N-dealkylation sites (N-methyl/N-ethyl adjacent to an activating group) is 1. The predicted molar refractivity (Wildman–Crippen MR) is 138 cm³/mol. The summed E-state index contributed by atoms with van der Waals surface area (Å²) >= 11 is 0. The van der Waals surface area contributed by atoms with Crippen LogP contribution >= 0.6 is 0 Å². The quantitative estimate of drug-likeness (QED) is 0.581. The maximum Gasteiger partial charge on any atom is 0.252 e. The molecule has 0 aliphatic carbocycles. The Bertz CT molecular complexity index is 1170. The van der Waals surface area contributed by atoms with E-state index in [0.717, 1.165) is 54.5 Å². The fourth-order valence-corrected chi connectivity index (χ4v) is 4.59. The van der Waals surface area contributed by atoms with Crippen LogP contribution in [0.1, 0.15) is 40.9 Å². The van der Waals surface area contributed by atoms with Crippen LogP contribution < -0.4 is 10.6 Å². The lowest BCUT2D eigenvalue weighted by Crippen LogP contribution is -2.36. The Morgan fingerprint density at radius 1 is 0.971 bits per heavy atom. The zero-order valence-corrected chi connectivity index (χ0v) is 20.3. The summed E-state index contributed by atoms with van der Waals surface area (Å²) in [6, 6.07) is 19.7. The fraction of sp³-hybridized carbons (Fsp3) is 0.357. The molecule has 6 heteroatoms. The SMILES string of the molecule is Cc1ccc(NC(=O)CN2CCCN(C)CC2)cc1C(=O)N[C@H](C)c1cccc2ccccc12. The van der Waals surface area contributed by atoms with Crippen LogP contribution in [0.2, 0.25) is 0 Å². The molecule has 0 unspecified atom stereocenters. The van der Waals surface area contributed by atoms with E-state index in [1.165, 1.54) is 0 Å². The van der Waals surface area contributed by atoms with Gasteiger partial charge in [0.05, 0.1) is 12.6 Å². The van der Waals surface area contributed by atoms with Crippen molar-refractivity contribution >= 4 is 28.3 Å². The highest BCUT2D eigenvalue weighted by Gasteiger charge is 2.18. The van der Waals surface area contributed by atoms with Gasteiger partial charge in [0.25, 0.3) is 5.91 Å². The molecule has 1 atom stereocenters. The van der Waals surface area contributed by atoms with E-state index in [1.807, 2.05) is 44.2 Å². The normalized spacial score (nSPS) is 16.1. The Morgan fingerprint density at radius 2 is 1.76 bits per heavy atom. The predicted octanol–water partition coefficient (Wildman–Crippen LogP) is 4.22. The minimum Gasteiger partial charge on any atom is -0.345 e. The Morgan fingerprint density at radius 3 is 2.62 bits per heavy atom. The molecule has 1 aliphatic rings. The van der Waals surface area contributed by atoms with Crippen molar-refractivity contribution in [2.45, 2.75) is 26.3 Å². The van der Waals surface area contributed by atoms with Crippen molar-refractivity contribution in [1.82, 2.24) is 15.1 Å². The number of aryl methyl sites for hydroxylation is 1. The molecule has 178 valence electrons. The topological polar surface area (TPSA) is 64.7 Å². The molecule has 0 radical (unpaired) electrons. The lowest BCUT2D eigenvalue weighted by molar-refractivity contribution is -0.117. The third kappa shape index (κ3) is 5.82. The minimum atomic E-state index is -0.155. The van der Waals surface area contributed by atoms with E-state index >= 15 is 0 Å². The van der Waals surface area contributed by atoms with Gasteiger partial charge in [-0.15, -0.1) is 0 Å². The fourth-order valence-electron chi connectivity index (χ4n) is 4.59. The van der Waals surface area contributed by atoms with Crippen LogP contribution in [0.3, 0.4) is 0 Å². The van der Waals surface area contributed by atoms with Crippen LogP contribution in [0, 0.1) is 6.92 Å². The zero-order valence-electron chi connectivity index (χ0n) is 20.3. The van der Waals surface area contributed by atoms with Gasteiger partial charge < -0.3 is 15.5 Å². The maximum atomic E-state index is 13.2. The molecule has 34 heavy (non-hydrogen) atoms. The summed E-state index contributed by atoms with van der Waals surface area (Å²) in [5.41, 5.74) is 3.17. The minimum absolute atomic E-state index is 0.0520. The lowest BCUT2D eigenvalue weighted by atomic mass is 9.99. The van der Waals surface area contributed by atoms with Crippen molar-refractivity contribution in [1.29, 1.82) is 0 Å². The molecular formula is C28H34N4O2. The molecule has 4 rings (SSSR count). The lowest BCUT2D eigenvalue weighted by Gasteiger charge is -2.20. The molecular weight excluding hydrogens is 424 g/mol. The highest BCUT2D eigenvalue weighted by Crippen LogP contribution is 2.25. The van der Waals surface area contributed by atoms with Gasteiger partial charge in [-0.2, -0.15) is 0 Å². The second kappa shape index (κ2) is 10.8. The van der Waals surface area contributed by atoms with Gasteiger partial charge in [-0.3, -0.25) is 14.5 Å². The molecule has 3 aromatic carbocycles. The summed E-state index contributed by atoms with van der Waals surface area (Å²) in [6.45, 7) is 8.11. The molecule has 1 aliphatic heterocycles. The van der Waals surface area contributed by atoms with E-state index in [-0.39, 0.29) is 17.9 Å². The van der Waals surface area contributed by atoms with Gasteiger partial charge in [0.15, 0.2) is 0 Å². The van der Waals surface area contributed by atoms with Gasteiger partial charge in [0.2, 0.25) is 5.91 Å². The number of hydrogen-bond donors (Lipinski definition) is 2. The van der Waals surface area contributed by atoms with Gasteiger partial charge >= 0.3 is 0 Å². The van der Waals surface area contributed by atoms with Gasteiger partial charge in [-0.05, 0) is 74.4 Å². The molecule has 0 spiro atoms. The van der Waals surface area contributed by atoms with Crippen molar-refractivity contribution in [2.24, 2.45) is 0 Å². The van der Waals surface area contributed by atoms with Crippen LogP contribution in [-0.4, -0.2) is 61.4 Å². The number of benzene rings is 3. The zero-order chi connectivity index (χ0) is 24.1. The van der Waals surface area contributed by atoms with Crippen molar-refractivity contribution in [3.63, 3.8) is 0 Å². The van der Waals surface area contributed by atoms with E-state index in [2.05, 4.69) is 51.7 Å². The molecule has 0 bridgehead atoms. The third-order valence-electron chi connectivity index (χ3n) is 6.58. The number of carbonyl (C=O) groups excluding carboxylic acids is 2. The third-order valence-corrected chi connectivity index (χ3v) is 6.58. The van der Waals surface area contributed by atoms with E-state index in [1.54, 1.807) is 6.07 Å². The van der Waals surface area contributed by atoms with E-state index in [0.29, 0.717) is 17.8 Å². The highest BCUT2D eigenvalue weighted by molar-refractivity contribution is 5.99. The number of hydrogen-bond acceptors (Lipinski definition) is 4. The van der Waals surface area contributed by atoms with Crippen molar-refractivity contribution in [3.05, 3.63) is 77.4 Å². The molecule has 2 N–H and O–H groups in total. The van der Waals surface area contributed by atoms with Gasteiger partial charge in [0.1, 0.15) is 0 Å². The second-order valence-corrected chi connectivity index (χ2v) is 9.27. The Hall–Kier alpha value is -3.22. The van der Waals surface area contributed by atoms with E-state index < -0.39 is 0 Å². The summed E-state index contributed by atoms with van der Waals surface area (Å²) in [7, 11) is 2.11. The number of fused-ring (bicyclic) bond motifs is 1. The molecule has 3 aromatic rings. The van der Waals surface area contributed by atoms with E-state index in [9.17, 15) is 9.59 Å². The maximum absolute atomic E-state index is 13.2. The molecule has 1 saturated heterocycles. The van der Waals surface area contributed by atoms with Gasteiger partial charge in [-0.25, -0.2) is 0 Å². The summed E-state index contributed by atoms with van der Waals surface area (Å²) in [4.78, 5) is 30.3. The summed E-state index contributed by atoms with van der Waals surface area (Å²) in [5, 5.41) is 8.40. The van der Waals surface area contributed by atoms with Crippen LogP contribution in [0.4, 0.5) is 5.69 Å². The van der Waals surface area contributed by atoms with Crippen molar-refractivity contribution in [3.8, 4) is 0 Å². The highest BCUT2D eigenvalue weighted by atomic mass is 16.2. The molecule has 0 aromatic heterocycles. The molecule has 6 nitrogen and oxygen atoms in total. The van der Waals surface area contributed by atoms with Crippen LogP contribution in [0.5, 0.6) is 0 Å². The standard InChI is InChI=1S/C28H34N4O2/c1-20-12-13-23(30-27(33)19-32-15-7-14-31(3)16-17-32)18-26(20)28(34)29-21(2)24-11-6-9-22-8-4-5-10-25(22)24/h4-6,8-13,18,21H,7,14-17,19H2,1-3H3,(H,29,34)(H,30,33)/t21-/m1/s1. The first-order valence-corrected chi connectivity index (χ1v) is 12.0. The molecule has 1 heterocycles. The molecule has 1 fully saturated rings. The number of carbonyl (C=O) groups is 2. The van der Waals surface area contributed by atoms with Crippen LogP contribution in [0.25, 0.3) is 10.8 Å². The number of nitrogens with zero attached hydrogens (tertiary/aromatic N) is 2. The van der Waals surface area contributed by atoms with Gasteiger partial charge in [0, 0.05) is 24.3 Å². The van der Waals surface area contributed by atoms with Crippen LogP contribution in [0.15, 0.2) is 60.7 Å². The smallest absolute Gasteiger partial charge is 0.252 e. The summed E-state index contributed by atoms with van der Waals surface area (Å²) in [6.07, 6.45) is 1.06. The number of rotatable bonds is 6. The first-order valence-electron chi connectivity index (χ1n) is 12.0.